The molecule has 0 fully saturated rings. The lowest BCUT2D eigenvalue weighted by atomic mass is 9.87. The summed E-state index contributed by atoms with van der Waals surface area (Å²) in [5.41, 5.74) is 0.226. The van der Waals surface area contributed by atoms with E-state index in [0.29, 0.717) is 0 Å². The minimum atomic E-state index is -0.682. The highest BCUT2D eigenvalue weighted by atomic mass is 16.1. The lowest BCUT2D eigenvalue weighted by molar-refractivity contribution is -0.121. The number of Topliss-reactive ketones (excluding diaryl/α,β-unsaturated/α-hetero) is 1. The molecule has 1 aromatic carbocycles. The van der Waals surface area contributed by atoms with E-state index < -0.39 is 5.54 Å². The first-order valence-electron chi connectivity index (χ1n) is 5.47. The topological polar surface area (TPSA) is 46.2 Å². The third kappa shape index (κ3) is 3.55. The van der Waals surface area contributed by atoms with Gasteiger partial charge in [-0.1, -0.05) is 36.9 Å². The van der Waals surface area contributed by atoms with Gasteiger partial charge < -0.3 is 5.32 Å². The summed E-state index contributed by atoms with van der Waals surface area (Å²) in [6.07, 6.45) is 1.47. The van der Waals surface area contributed by atoms with Crippen LogP contribution in [0.25, 0.3) is 0 Å². The van der Waals surface area contributed by atoms with Gasteiger partial charge in [0, 0.05) is 6.42 Å². The van der Waals surface area contributed by atoms with Crippen molar-refractivity contribution in [3.63, 3.8) is 0 Å². The van der Waals surface area contributed by atoms with E-state index in [1.807, 2.05) is 37.3 Å². The van der Waals surface area contributed by atoms with E-state index >= 15 is 0 Å². The van der Waals surface area contributed by atoms with Crippen molar-refractivity contribution in [1.29, 1.82) is 0 Å². The molecule has 0 saturated carbocycles. The molecule has 17 heavy (non-hydrogen) atoms. The molecule has 1 N–H and O–H groups in total. The van der Waals surface area contributed by atoms with Crippen LogP contribution in [0.5, 0.6) is 0 Å². The Hall–Kier alpha value is -1.90. The zero-order valence-corrected chi connectivity index (χ0v) is 10.2. The second-order valence-corrected chi connectivity index (χ2v) is 4.27. The summed E-state index contributed by atoms with van der Waals surface area (Å²) in [6, 6.07) is 9.45. The molecule has 0 aliphatic heterocycles. The summed E-state index contributed by atoms with van der Waals surface area (Å²) >= 11 is 0. The molecule has 0 radical (unpaired) electrons. The second kappa shape index (κ2) is 5.43. The molecule has 0 bridgehead atoms. The Balaban J connectivity index is 3.05. The standard InChI is InChI=1S/C14H17NO2/c1-4-13(17)15-14(3,10-11(2)16)12-8-6-5-7-9-12/h4-9H,1,10H2,2-3H3,(H,15,17). The van der Waals surface area contributed by atoms with Crippen molar-refractivity contribution in [2.24, 2.45) is 0 Å². The fourth-order valence-electron chi connectivity index (χ4n) is 1.85. The SMILES string of the molecule is C=CC(=O)NC(C)(CC(C)=O)c1ccccc1. The third-order valence-corrected chi connectivity index (χ3v) is 2.60. The van der Waals surface area contributed by atoms with Crippen molar-refractivity contribution in [3.8, 4) is 0 Å². The van der Waals surface area contributed by atoms with E-state index in [2.05, 4.69) is 11.9 Å². The Bertz CT molecular complexity index is 425. The van der Waals surface area contributed by atoms with Gasteiger partial charge in [0.25, 0.3) is 0 Å². The molecule has 1 amide bonds. The first-order valence-corrected chi connectivity index (χ1v) is 5.47. The number of amides is 1. The molecular weight excluding hydrogens is 214 g/mol. The zero-order chi connectivity index (χ0) is 12.9. The van der Waals surface area contributed by atoms with Crippen molar-refractivity contribution >= 4 is 11.7 Å². The minimum absolute atomic E-state index is 0.0284. The summed E-state index contributed by atoms with van der Waals surface area (Å²) in [6.45, 7) is 6.77. The van der Waals surface area contributed by atoms with Gasteiger partial charge in [-0.3, -0.25) is 9.59 Å². The van der Waals surface area contributed by atoms with E-state index in [-0.39, 0.29) is 18.1 Å². The van der Waals surface area contributed by atoms with Gasteiger partial charge in [0.2, 0.25) is 5.91 Å². The molecule has 1 rings (SSSR count). The van der Waals surface area contributed by atoms with Gasteiger partial charge in [-0.15, -0.1) is 0 Å². The Morgan fingerprint density at radius 1 is 1.35 bits per heavy atom. The molecule has 3 heteroatoms. The number of hydrogen-bond donors (Lipinski definition) is 1. The van der Waals surface area contributed by atoms with Crippen LogP contribution in [0.3, 0.4) is 0 Å². The molecule has 3 nitrogen and oxygen atoms in total. The van der Waals surface area contributed by atoms with Crippen LogP contribution in [-0.4, -0.2) is 11.7 Å². The fourth-order valence-corrected chi connectivity index (χ4v) is 1.85. The monoisotopic (exact) mass is 231 g/mol. The van der Waals surface area contributed by atoms with Crippen molar-refractivity contribution in [2.45, 2.75) is 25.8 Å². The normalized spacial score (nSPS) is 13.5. The van der Waals surface area contributed by atoms with E-state index in [9.17, 15) is 9.59 Å². The summed E-state index contributed by atoms with van der Waals surface area (Å²) in [5.74, 6) is -0.252. The van der Waals surface area contributed by atoms with Gasteiger partial charge in [-0.2, -0.15) is 0 Å². The van der Waals surface area contributed by atoms with Crippen LogP contribution in [0, 0.1) is 0 Å². The quantitative estimate of drug-likeness (QED) is 0.789. The van der Waals surface area contributed by atoms with Crippen LogP contribution in [0.2, 0.25) is 0 Å². The largest absolute Gasteiger partial charge is 0.343 e. The Morgan fingerprint density at radius 3 is 2.41 bits per heavy atom. The van der Waals surface area contributed by atoms with Crippen molar-refractivity contribution in [1.82, 2.24) is 5.32 Å². The van der Waals surface area contributed by atoms with Gasteiger partial charge in [0.15, 0.2) is 0 Å². The average Bonchev–Trinajstić information content (AvgIpc) is 2.29. The molecule has 0 spiro atoms. The fraction of sp³-hybridized carbons (Fsp3) is 0.286. The number of carbonyl (C=O) groups is 2. The lowest BCUT2D eigenvalue weighted by Gasteiger charge is -2.30. The van der Waals surface area contributed by atoms with E-state index in [0.717, 1.165) is 5.56 Å². The van der Waals surface area contributed by atoms with Gasteiger partial charge in [0.05, 0.1) is 5.54 Å². The predicted octanol–water partition coefficient (Wildman–Crippen LogP) is 2.18. The van der Waals surface area contributed by atoms with Crippen molar-refractivity contribution in [3.05, 3.63) is 48.6 Å². The van der Waals surface area contributed by atoms with E-state index in [1.54, 1.807) is 0 Å². The van der Waals surface area contributed by atoms with Gasteiger partial charge >= 0.3 is 0 Å². The lowest BCUT2D eigenvalue weighted by Crippen LogP contribution is -2.44. The molecule has 1 unspecified atom stereocenters. The van der Waals surface area contributed by atoms with Crippen molar-refractivity contribution in [2.75, 3.05) is 0 Å². The number of nitrogens with one attached hydrogen (secondary N) is 1. The van der Waals surface area contributed by atoms with E-state index in [1.165, 1.54) is 13.0 Å². The molecule has 0 saturated heterocycles. The minimum Gasteiger partial charge on any atom is -0.343 e. The first kappa shape index (κ1) is 13.2. The number of rotatable bonds is 5. The zero-order valence-electron chi connectivity index (χ0n) is 10.2. The maximum Gasteiger partial charge on any atom is 0.244 e. The van der Waals surface area contributed by atoms with Gasteiger partial charge in [0.1, 0.15) is 5.78 Å². The molecular formula is C14H17NO2. The number of benzene rings is 1. The summed E-state index contributed by atoms with van der Waals surface area (Å²) < 4.78 is 0. The number of hydrogen-bond acceptors (Lipinski definition) is 2. The molecule has 0 aliphatic carbocycles. The maximum absolute atomic E-state index is 11.4. The highest BCUT2D eigenvalue weighted by Gasteiger charge is 2.29. The maximum atomic E-state index is 11.4. The summed E-state index contributed by atoms with van der Waals surface area (Å²) in [5, 5.41) is 2.81. The van der Waals surface area contributed by atoms with Crippen LogP contribution >= 0.6 is 0 Å². The van der Waals surface area contributed by atoms with Crippen molar-refractivity contribution < 1.29 is 9.59 Å². The molecule has 1 atom stereocenters. The van der Waals surface area contributed by atoms with Gasteiger partial charge in [-0.25, -0.2) is 0 Å². The number of ketones is 1. The van der Waals surface area contributed by atoms with Crippen LogP contribution in [0.4, 0.5) is 0 Å². The highest BCUT2D eigenvalue weighted by Crippen LogP contribution is 2.24. The summed E-state index contributed by atoms with van der Waals surface area (Å²) in [7, 11) is 0. The highest BCUT2D eigenvalue weighted by molar-refractivity contribution is 5.88. The molecule has 1 aromatic rings. The smallest absolute Gasteiger partial charge is 0.244 e. The first-order chi connectivity index (χ1) is 7.98. The van der Waals surface area contributed by atoms with E-state index in [4.69, 9.17) is 0 Å². The second-order valence-electron chi connectivity index (χ2n) is 4.27. The van der Waals surface area contributed by atoms with Crippen LogP contribution in [-0.2, 0) is 15.1 Å². The van der Waals surface area contributed by atoms with Gasteiger partial charge in [-0.05, 0) is 25.5 Å². The molecule has 0 heterocycles. The summed E-state index contributed by atoms with van der Waals surface area (Å²) in [4.78, 5) is 22.8. The molecule has 0 aliphatic rings. The van der Waals surface area contributed by atoms with Crippen LogP contribution in [0.15, 0.2) is 43.0 Å². The van der Waals surface area contributed by atoms with Crippen LogP contribution < -0.4 is 5.32 Å². The Labute approximate surface area is 102 Å². The Kier molecular flexibility index (Phi) is 4.21. The number of carbonyl (C=O) groups excluding carboxylic acids is 2. The predicted molar refractivity (Wildman–Crippen MR) is 67.4 cm³/mol. The van der Waals surface area contributed by atoms with Crippen LogP contribution in [0.1, 0.15) is 25.8 Å². The molecule has 90 valence electrons. The molecule has 0 aromatic heterocycles. The third-order valence-electron chi connectivity index (χ3n) is 2.60. The average molecular weight is 231 g/mol. The Morgan fingerprint density at radius 2 is 1.94 bits per heavy atom.